The van der Waals surface area contributed by atoms with E-state index < -0.39 is 5.97 Å². The van der Waals surface area contributed by atoms with Crippen molar-refractivity contribution in [1.82, 2.24) is 9.97 Å². The highest BCUT2D eigenvalue weighted by atomic mass is 32.2. The Morgan fingerprint density at radius 2 is 2.33 bits per heavy atom. The number of carbonyl (C=O) groups is 1. The summed E-state index contributed by atoms with van der Waals surface area (Å²) in [6, 6.07) is 7.68. The lowest BCUT2D eigenvalue weighted by Gasteiger charge is -2.15. The SMILES string of the molecule is O=C(O)CSc1nc2c([nH]1)COc1ccccc1-2. The van der Waals surface area contributed by atoms with Crippen molar-refractivity contribution in [2.45, 2.75) is 11.8 Å². The summed E-state index contributed by atoms with van der Waals surface area (Å²) < 4.78 is 5.59. The molecule has 0 atom stereocenters. The normalized spacial score (nSPS) is 12.4. The van der Waals surface area contributed by atoms with E-state index in [1.54, 1.807) is 0 Å². The number of hydrogen-bond donors (Lipinski definition) is 2. The molecule has 1 aliphatic rings. The van der Waals surface area contributed by atoms with Crippen LogP contribution in [0.15, 0.2) is 29.4 Å². The number of fused-ring (bicyclic) bond motifs is 3. The van der Waals surface area contributed by atoms with E-state index in [-0.39, 0.29) is 5.75 Å². The van der Waals surface area contributed by atoms with E-state index >= 15 is 0 Å². The number of thioether (sulfide) groups is 1. The van der Waals surface area contributed by atoms with Crippen molar-refractivity contribution in [1.29, 1.82) is 0 Å². The van der Waals surface area contributed by atoms with Gasteiger partial charge in [0, 0.05) is 5.56 Å². The van der Waals surface area contributed by atoms with E-state index in [4.69, 9.17) is 9.84 Å². The molecule has 2 N–H and O–H groups in total. The van der Waals surface area contributed by atoms with Crippen LogP contribution in [-0.2, 0) is 11.4 Å². The molecule has 1 aromatic heterocycles. The first kappa shape index (κ1) is 11.2. The van der Waals surface area contributed by atoms with Gasteiger partial charge in [0.2, 0.25) is 0 Å². The van der Waals surface area contributed by atoms with Crippen molar-refractivity contribution in [3.05, 3.63) is 30.0 Å². The van der Waals surface area contributed by atoms with E-state index in [1.807, 2.05) is 24.3 Å². The first-order chi connectivity index (χ1) is 8.74. The average molecular weight is 262 g/mol. The summed E-state index contributed by atoms with van der Waals surface area (Å²) in [5.41, 5.74) is 2.68. The molecule has 0 saturated carbocycles. The lowest BCUT2D eigenvalue weighted by atomic mass is 10.1. The summed E-state index contributed by atoms with van der Waals surface area (Å²) in [5.74, 6) is -0.0492. The minimum Gasteiger partial charge on any atom is -0.487 e. The summed E-state index contributed by atoms with van der Waals surface area (Å²) in [6.45, 7) is 0.437. The number of benzene rings is 1. The first-order valence-electron chi connectivity index (χ1n) is 5.40. The number of ether oxygens (including phenoxy) is 1. The molecule has 0 fully saturated rings. The summed E-state index contributed by atoms with van der Waals surface area (Å²) in [6.07, 6.45) is 0. The van der Waals surface area contributed by atoms with Gasteiger partial charge in [0.05, 0.1) is 17.1 Å². The van der Waals surface area contributed by atoms with Crippen LogP contribution < -0.4 is 4.74 Å². The molecule has 18 heavy (non-hydrogen) atoms. The summed E-state index contributed by atoms with van der Waals surface area (Å²) in [5, 5.41) is 9.26. The van der Waals surface area contributed by atoms with Gasteiger partial charge in [-0.2, -0.15) is 0 Å². The van der Waals surface area contributed by atoms with Crippen molar-refractivity contribution < 1.29 is 14.6 Å². The average Bonchev–Trinajstić information content (AvgIpc) is 2.79. The molecule has 0 bridgehead atoms. The van der Waals surface area contributed by atoms with Gasteiger partial charge in [-0.05, 0) is 12.1 Å². The molecule has 92 valence electrons. The molecule has 2 heterocycles. The summed E-state index contributed by atoms with van der Waals surface area (Å²) >= 11 is 1.17. The quantitative estimate of drug-likeness (QED) is 0.829. The van der Waals surface area contributed by atoms with E-state index in [9.17, 15) is 4.79 Å². The fraction of sp³-hybridized carbons (Fsp3) is 0.167. The third-order valence-corrected chi connectivity index (χ3v) is 3.46. The van der Waals surface area contributed by atoms with Gasteiger partial charge >= 0.3 is 5.97 Å². The van der Waals surface area contributed by atoms with Crippen LogP contribution in [0.4, 0.5) is 0 Å². The number of nitrogens with one attached hydrogen (secondary N) is 1. The highest BCUT2D eigenvalue weighted by Gasteiger charge is 2.21. The number of carboxylic acids is 1. The standard InChI is InChI=1S/C12H10N2O3S/c15-10(16)6-18-12-13-8-5-17-9-4-2-1-3-7(9)11(8)14-12/h1-4H,5-6H2,(H,13,14)(H,15,16). The molecular formula is C12H10N2O3S. The van der Waals surface area contributed by atoms with Crippen LogP contribution in [0.25, 0.3) is 11.3 Å². The number of aromatic amines is 1. The van der Waals surface area contributed by atoms with Gasteiger partial charge in [-0.15, -0.1) is 0 Å². The number of aromatic nitrogens is 2. The van der Waals surface area contributed by atoms with Gasteiger partial charge < -0.3 is 14.8 Å². The van der Waals surface area contributed by atoms with E-state index in [0.29, 0.717) is 11.8 Å². The van der Waals surface area contributed by atoms with Crippen LogP contribution >= 0.6 is 11.8 Å². The fourth-order valence-corrected chi connectivity index (χ4v) is 2.46. The number of hydrogen-bond acceptors (Lipinski definition) is 4. The molecular weight excluding hydrogens is 252 g/mol. The van der Waals surface area contributed by atoms with Crippen LogP contribution in [-0.4, -0.2) is 26.8 Å². The topological polar surface area (TPSA) is 75.2 Å². The van der Waals surface area contributed by atoms with Gasteiger partial charge in [0.25, 0.3) is 0 Å². The van der Waals surface area contributed by atoms with Crippen LogP contribution in [0, 0.1) is 0 Å². The highest BCUT2D eigenvalue weighted by molar-refractivity contribution is 7.99. The predicted octanol–water partition coefficient (Wildman–Crippen LogP) is 2.15. The Kier molecular flexibility index (Phi) is 2.71. The number of para-hydroxylation sites is 1. The zero-order chi connectivity index (χ0) is 12.5. The second kappa shape index (κ2) is 4.38. The summed E-state index contributed by atoms with van der Waals surface area (Å²) in [7, 11) is 0. The molecule has 0 unspecified atom stereocenters. The van der Waals surface area contributed by atoms with Crippen molar-refractivity contribution in [3.63, 3.8) is 0 Å². The summed E-state index contributed by atoms with van der Waals surface area (Å²) in [4.78, 5) is 18.0. The Bertz CT molecular complexity index is 609. The monoisotopic (exact) mass is 262 g/mol. The van der Waals surface area contributed by atoms with Crippen molar-refractivity contribution >= 4 is 17.7 Å². The van der Waals surface area contributed by atoms with Crippen molar-refractivity contribution in [2.24, 2.45) is 0 Å². The number of nitrogens with zero attached hydrogens (tertiary/aromatic N) is 1. The second-order valence-corrected chi connectivity index (χ2v) is 4.80. The lowest BCUT2D eigenvalue weighted by Crippen LogP contribution is -2.04. The minimum atomic E-state index is -0.856. The third kappa shape index (κ3) is 1.95. The van der Waals surface area contributed by atoms with Gasteiger partial charge in [-0.3, -0.25) is 4.79 Å². The molecule has 0 aliphatic carbocycles. The van der Waals surface area contributed by atoms with Crippen molar-refractivity contribution in [2.75, 3.05) is 5.75 Å². The predicted molar refractivity (Wildman–Crippen MR) is 66.7 cm³/mol. The van der Waals surface area contributed by atoms with Gasteiger partial charge in [-0.1, -0.05) is 23.9 Å². The first-order valence-corrected chi connectivity index (χ1v) is 6.38. The number of rotatable bonds is 3. The molecule has 0 radical (unpaired) electrons. The molecule has 1 aromatic carbocycles. The van der Waals surface area contributed by atoms with E-state index in [0.717, 1.165) is 22.7 Å². The molecule has 3 rings (SSSR count). The maximum Gasteiger partial charge on any atom is 0.313 e. The molecule has 0 saturated heterocycles. The Morgan fingerprint density at radius 3 is 3.17 bits per heavy atom. The zero-order valence-electron chi connectivity index (χ0n) is 9.34. The molecule has 0 spiro atoms. The number of aliphatic carboxylic acids is 1. The Labute approximate surface area is 107 Å². The maximum absolute atomic E-state index is 10.5. The second-order valence-electron chi connectivity index (χ2n) is 3.84. The van der Waals surface area contributed by atoms with Crippen molar-refractivity contribution in [3.8, 4) is 17.0 Å². The minimum absolute atomic E-state index is 0.00506. The fourth-order valence-electron chi connectivity index (χ4n) is 1.85. The maximum atomic E-state index is 10.5. The van der Waals surface area contributed by atoms with E-state index in [1.165, 1.54) is 11.8 Å². The molecule has 0 amide bonds. The van der Waals surface area contributed by atoms with Crippen LogP contribution in [0.2, 0.25) is 0 Å². The van der Waals surface area contributed by atoms with Gasteiger partial charge in [-0.25, -0.2) is 4.98 Å². The third-order valence-electron chi connectivity index (χ3n) is 2.60. The Morgan fingerprint density at radius 1 is 1.50 bits per heavy atom. The smallest absolute Gasteiger partial charge is 0.313 e. The highest BCUT2D eigenvalue weighted by Crippen LogP contribution is 2.36. The Balaban J connectivity index is 1.94. The Hall–Kier alpha value is -1.95. The molecule has 6 heteroatoms. The number of imidazole rings is 1. The molecule has 1 aliphatic heterocycles. The number of H-pyrrole nitrogens is 1. The lowest BCUT2D eigenvalue weighted by molar-refractivity contribution is -0.133. The number of carboxylic acid groups (broad SMARTS) is 1. The van der Waals surface area contributed by atoms with Crippen LogP contribution in [0.5, 0.6) is 5.75 Å². The molecule has 2 aromatic rings. The largest absolute Gasteiger partial charge is 0.487 e. The van der Waals surface area contributed by atoms with Gasteiger partial charge in [0.1, 0.15) is 12.4 Å². The van der Waals surface area contributed by atoms with Crippen LogP contribution in [0.1, 0.15) is 5.69 Å². The van der Waals surface area contributed by atoms with E-state index in [2.05, 4.69) is 9.97 Å². The molecule has 5 nitrogen and oxygen atoms in total. The van der Waals surface area contributed by atoms with Crippen LogP contribution in [0.3, 0.4) is 0 Å². The zero-order valence-corrected chi connectivity index (χ0v) is 10.2. The van der Waals surface area contributed by atoms with Gasteiger partial charge in [0.15, 0.2) is 5.16 Å².